The first-order chi connectivity index (χ1) is 21.3. The van der Waals surface area contributed by atoms with Crippen LogP contribution in [0.25, 0.3) is 27.8 Å². The Labute approximate surface area is 258 Å². The summed E-state index contributed by atoms with van der Waals surface area (Å²) in [5.74, 6) is -1.18. The highest BCUT2D eigenvalue weighted by atomic mass is 32.2. The number of hydrogen-bond donors (Lipinski definition) is 1. The SMILES string of the molecule is CCCCc1c(-c2ccc(-c3ccc(S(=O)(=O)N4CC(OCc5ccccc5)C[C@H]4C(=O)O)cc3)cc2)cn2ccccc12. The van der Waals surface area contributed by atoms with E-state index in [1.807, 2.05) is 36.4 Å². The number of unbranched alkanes of at least 4 members (excludes halogenated alkanes) is 1. The molecule has 0 radical (unpaired) electrons. The molecule has 8 heteroatoms. The molecule has 2 atom stereocenters. The summed E-state index contributed by atoms with van der Waals surface area (Å²) in [5, 5.41) is 9.83. The highest BCUT2D eigenvalue weighted by Crippen LogP contribution is 2.33. The number of pyridine rings is 1. The van der Waals surface area contributed by atoms with Crippen molar-refractivity contribution in [1.29, 1.82) is 0 Å². The van der Waals surface area contributed by atoms with Gasteiger partial charge in [0.2, 0.25) is 10.0 Å². The van der Waals surface area contributed by atoms with E-state index < -0.39 is 28.1 Å². The van der Waals surface area contributed by atoms with E-state index in [4.69, 9.17) is 4.74 Å². The molecule has 44 heavy (non-hydrogen) atoms. The minimum absolute atomic E-state index is 0.00931. The summed E-state index contributed by atoms with van der Waals surface area (Å²) >= 11 is 0. The number of sulfonamides is 1. The van der Waals surface area contributed by atoms with Crippen molar-refractivity contribution in [3.63, 3.8) is 0 Å². The van der Waals surface area contributed by atoms with E-state index in [0.29, 0.717) is 6.61 Å². The van der Waals surface area contributed by atoms with E-state index >= 15 is 0 Å². The summed E-state index contributed by atoms with van der Waals surface area (Å²) in [6.07, 6.45) is 7.14. The molecule has 3 heterocycles. The molecule has 1 fully saturated rings. The van der Waals surface area contributed by atoms with Crippen molar-refractivity contribution in [1.82, 2.24) is 8.71 Å². The molecule has 1 aliphatic heterocycles. The smallest absolute Gasteiger partial charge is 0.322 e. The second-order valence-corrected chi connectivity index (χ2v) is 13.2. The average Bonchev–Trinajstić information content (AvgIpc) is 3.66. The fourth-order valence-corrected chi connectivity index (χ4v) is 7.63. The molecule has 0 bridgehead atoms. The van der Waals surface area contributed by atoms with Crippen LogP contribution in [0, 0.1) is 0 Å². The van der Waals surface area contributed by atoms with Crippen LogP contribution in [-0.2, 0) is 32.6 Å². The molecular formula is C36H36N2O5S. The molecule has 5 aromatic rings. The zero-order valence-corrected chi connectivity index (χ0v) is 25.5. The molecule has 0 aliphatic carbocycles. The van der Waals surface area contributed by atoms with Gasteiger partial charge in [-0.3, -0.25) is 4.79 Å². The Kier molecular flexibility index (Phi) is 8.66. The lowest BCUT2D eigenvalue weighted by atomic mass is 9.97. The minimum Gasteiger partial charge on any atom is -0.480 e. The third-order valence-electron chi connectivity index (χ3n) is 8.39. The number of fused-ring (bicyclic) bond motifs is 1. The maximum atomic E-state index is 13.6. The van der Waals surface area contributed by atoms with Crippen LogP contribution in [-0.4, -0.2) is 46.9 Å². The predicted octanol–water partition coefficient (Wildman–Crippen LogP) is 7.05. The number of carbonyl (C=O) groups is 1. The van der Waals surface area contributed by atoms with Gasteiger partial charge in [0.05, 0.1) is 17.6 Å². The lowest BCUT2D eigenvalue weighted by Gasteiger charge is -2.21. The third-order valence-corrected chi connectivity index (χ3v) is 10.3. The number of aryl methyl sites for hydroxylation is 1. The Morgan fingerprint density at radius 1 is 0.886 bits per heavy atom. The number of ether oxygens (including phenoxy) is 1. The van der Waals surface area contributed by atoms with Crippen LogP contribution in [0.4, 0.5) is 0 Å². The largest absolute Gasteiger partial charge is 0.480 e. The number of carboxylic acids is 1. The lowest BCUT2D eigenvalue weighted by Crippen LogP contribution is -2.40. The topological polar surface area (TPSA) is 88.3 Å². The maximum Gasteiger partial charge on any atom is 0.322 e. The number of benzene rings is 3. The minimum atomic E-state index is -4.05. The van der Waals surface area contributed by atoms with Gasteiger partial charge in [-0.15, -0.1) is 0 Å². The van der Waals surface area contributed by atoms with Gasteiger partial charge in [0.15, 0.2) is 0 Å². The Morgan fingerprint density at radius 3 is 2.23 bits per heavy atom. The van der Waals surface area contributed by atoms with E-state index in [0.717, 1.165) is 45.8 Å². The molecule has 0 saturated carbocycles. The van der Waals surface area contributed by atoms with Crippen LogP contribution >= 0.6 is 0 Å². The Hall–Kier alpha value is -4.24. The highest BCUT2D eigenvalue weighted by Gasteiger charge is 2.44. The van der Waals surface area contributed by atoms with Crippen molar-refractivity contribution >= 4 is 21.5 Å². The van der Waals surface area contributed by atoms with E-state index in [1.54, 1.807) is 24.3 Å². The molecule has 1 unspecified atom stereocenters. The van der Waals surface area contributed by atoms with Crippen LogP contribution in [0.15, 0.2) is 114 Å². The van der Waals surface area contributed by atoms with Gasteiger partial charge in [-0.25, -0.2) is 8.42 Å². The Balaban J connectivity index is 1.19. The van der Waals surface area contributed by atoms with E-state index in [1.165, 1.54) is 16.6 Å². The van der Waals surface area contributed by atoms with Crippen LogP contribution in [0.3, 0.4) is 0 Å². The van der Waals surface area contributed by atoms with Crippen LogP contribution in [0.2, 0.25) is 0 Å². The van der Waals surface area contributed by atoms with Gasteiger partial charge in [-0.2, -0.15) is 4.31 Å². The highest BCUT2D eigenvalue weighted by molar-refractivity contribution is 7.89. The zero-order valence-electron chi connectivity index (χ0n) is 24.7. The monoisotopic (exact) mass is 608 g/mol. The summed E-state index contributed by atoms with van der Waals surface area (Å²) in [6.45, 7) is 2.49. The normalized spacial score (nSPS) is 17.3. The number of hydrogen-bond acceptors (Lipinski definition) is 4. The van der Waals surface area contributed by atoms with Crippen molar-refractivity contribution in [3.8, 4) is 22.3 Å². The standard InChI is InChI=1S/C36H36N2O5S/c1-2-3-11-32-33(24-37-21-8-7-12-34(32)37)29-15-13-27(14-16-29)28-17-19-31(20-18-28)44(41,42)38-23-30(22-35(38)36(39)40)43-25-26-9-5-4-6-10-26/h4-10,12-21,24,30,35H,2-3,11,22-23,25H2,1H3,(H,39,40)/t30?,35-/m0/s1. The summed E-state index contributed by atoms with van der Waals surface area (Å²) < 4.78 is 36.4. The quantitative estimate of drug-likeness (QED) is 0.174. The van der Waals surface area contributed by atoms with Gasteiger partial charge in [-0.1, -0.05) is 86.1 Å². The van der Waals surface area contributed by atoms with E-state index in [-0.39, 0.29) is 17.9 Å². The second kappa shape index (κ2) is 12.8. The molecule has 0 amide bonds. The lowest BCUT2D eigenvalue weighted by molar-refractivity contribution is -0.140. The molecule has 2 aromatic heterocycles. The van der Waals surface area contributed by atoms with Crippen LogP contribution in [0.1, 0.15) is 37.3 Å². The Morgan fingerprint density at radius 2 is 1.55 bits per heavy atom. The van der Waals surface area contributed by atoms with Crippen molar-refractivity contribution in [2.24, 2.45) is 0 Å². The molecule has 1 aliphatic rings. The second-order valence-electron chi connectivity index (χ2n) is 11.3. The number of rotatable bonds is 11. The molecule has 1 saturated heterocycles. The zero-order chi connectivity index (χ0) is 30.7. The number of aromatic nitrogens is 1. The van der Waals surface area contributed by atoms with Crippen molar-refractivity contribution < 1.29 is 23.1 Å². The van der Waals surface area contributed by atoms with E-state index in [2.05, 4.69) is 60.1 Å². The number of aliphatic carboxylic acids is 1. The average molecular weight is 609 g/mol. The summed E-state index contributed by atoms with van der Waals surface area (Å²) in [5.41, 5.74) is 7.74. The van der Waals surface area contributed by atoms with Crippen molar-refractivity contribution in [2.75, 3.05) is 6.54 Å². The van der Waals surface area contributed by atoms with Gasteiger partial charge < -0.3 is 14.2 Å². The first-order valence-electron chi connectivity index (χ1n) is 15.0. The molecule has 0 spiro atoms. The van der Waals surface area contributed by atoms with E-state index in [9.17, 15) is 18.3 Å². The number of nitrogens with zero attached hydrogens (tertiary/aromatic N) is 2. The van der Waals surface area contributed by atoms with Crippen molar-refractivity contribution in [2.45, 2.75) is 56.3 Å². The third kappa shape index (κ3) is 6.06. The molecule has 3 aromatic carbocycles. The fraction of sp³-hybridized carbons (Fsp3) is 0.250. The van der Waals surface area contributed by atoms with Crippen LogP contribution < -0.4 is 0 Å². The first-order valence-corrected chi connectivity index (χ1v) is 16.5. The maximum absolute atomic E-state index is 13.6. The van der Waals surface area contributed by atoms with Gasteiger partial charge in [0.1, 0.15) is 6.04 Å². The fourth-order valence-electron chi connectivity index (χ4n) is 6.01. The van der Waals surface area contributed by atoms with Gasteiger partial charge in [-0.05, 0) is 64.9 Å². The first kappa shape index (κ1) is 29.8. The molecule has 7 nitrogen and oxygen atoms in total. The van der Waals surface area contributed by atoms with Gasteiger partial charge in [0.25, 0.3) is 0 Å². The summed E-state index contributed by atoms with van der Waals surface area (Å²) in [4.78, 5) is 12.1. The Bertz CT molecular complexity index is 1850. The summed E-state index contributed by atoms with van der Waals surface area (Å²) in [7, 11) is -4.05. The summed E-state index contributed by atoms with van der Waals surface area (Å²) in [6, 6.07) is 29.6. The van der Waals surface area contributed by atoms with Gasteiger partial charge >= 0.3 is 5.97 Å². The number of carboxylic acid groups (broad SMARTS) is 1. The molecule has 6 rings (SSSR count). The van der Waals surface area contributed by atoms with Crippen molar-refractivity contribution in [3.05, 3.63) is 121 Å². The molecule has 1 N–H and O–H groups in total. The molecular weight excluding hydrogens is 572 g/mol. The molecule has 226 valence electrons. The van der Waals surface area contributed by atoms with Gasteiger partial charge in [0, 0.05) is 36.4 Å². The predicted molar refractivity (Wildman–Crippen MR) is 172 cm³/mol. The van der Waals surface area contributed by atoms with Crippen LogP contribution in [0.5, 0.6) is 0 Å².